The lowest BCUT2D eigenvalue weighted by molar-refractivity contribution is 0.0691. The predicted octanol–water partition coefficient (Wildman–Crippen LogP) is 4.27. The van der Waals surface area contributed by atoms with Gasteiger partial charge in [0.15, 0.2) is 0 Å². The molecule has 0 amide bonds. The van der Waals surface area contributed by atoms with Crippen LogP contribution in [-0.4, -0.2) is 17.3 Å². The van der Waals surface area contributed by atoms with Crippen LogP contribution in [0.3, 0.4) is 0 Å². The molecule has 0 atom stereocenters. The van der Waals surface area contributed by atoms with E-state index in [1.807, 2.05) is 18.4 Å². The molecule has 0 unspecified atom stereocenters. The highest BCUT2D eigenvalue weighted by atomic mass is 32.2. The van der Waals surface area contributed by atoms with Gasteiger partial charge in [-0.15, -0.1) is 11.8 Å². The van der Waals surface area contributed by atoms with Crippen molar-refractivity contribution in [2.75, 3.05) is 6.26 Å². The highest BCUT2D eigenvalue weighted by Crippen LogP contribution is 2.35. The zero-order valence-electron chi connectivity index (χ0n) is 11.0. The van der Waals surface area contributed by atoms with Crippen LogP contribution < -0.4 is 0 Å². The molecule has 0 radical (unpaired) electrons. The van der Waals surface area contributed by atoms with Crippen LogP contribution in [0.1, 0.15) is 15.9 Å². The Kier molecular flexibility index (Phi) is 4.89. The maximum absolute atomic E-state index is 13.4. The Morgan fingerprint density at radius 2 is 2.00 bits per heavy atom. The lowest BCUT2D eigenvalue weighted by atomic mass is 10.2. The Hall–Kier alpha value is -1.97. The number of carbonyl (C=O) groups is 1. The van der Waals surface area contributed by atoms with E-state index in [0.29, 0.717) is 15.4 Å². The zero-order chi connectivity index (χ0) is 15.4. The standard InChI is InChI=1S/C15H10FNO2S2/c1-20-13-3-2-4-14(11(13)8-17)21-9-5-6-12(16)10(7-9)15(18)19/h2-7H,1H3,(H,18,19). The summed E-state index contributed by atoms with van der Waals surface area (Å²) in [4.78, 5) is 13.1. The summed E-state index contributed by atoms with van der Waals surface area (Å²) in [6, 6.07) is 11.5. The highest BCUT2D eigenvalue weighted by Gasteiger charge is 2.13. The van der Waals surface area contributed by atoms with Crippen molar-refractivity contribution in [2.24, 2.45) is 0 Å². The number of aromatic carboxylic acids is 1. The molecule has 0 aliphatic heterocycles. The lowest BCUT2D eigenvalue weighted by Gasteiger charge is -2.08. The summed E-state index contributed by atoms with van der Waals surface area (Å²) in [7, 11) is 0. The quantitative estimate of drug-likeness (QED) is 0.853. The van der Waals surface area contributed by atoms with Gasteiger partial charge in [-0.2, -0.15) is 5.26 Å². The summed E-state index contributed by atoms with van der Waals surface area (Å²) in [5, 5.41) is 18.2. The lowest BCUT2D eigenvalue weighted by Crippen LogP contribution is -2.00. The van der Waals surface area contributed by atoms with E-state index in [4.69, 9.17) is 5.11 Å². The Morgan fingerprint density at radius 3 is 2.62 bits per heavy atom. The van der Waals surface area contributed by atoms with Gasteiger partial charge in [-0.05, 0) is 36.6 Å². The molecule has 0 saturated heterocycles. The SMILES string of the molecule is CSc1cccc(Sc2ccc(F)c(C(=O)O)c2)c1C#N. The van der Waals surface area contributed by atoms with Gasteiger partial charge in [-0.1, -0.05) is 17.8 Å². The average Bonchev–Trinajstić information content (AvgIpc) is 2.48. The molecule has 6 heteroatoms. The van der Waals surface area contributed by atoms with Crippen molar-refractivity contribution in [1.29, 1.82) is 5.26 Å². The van der Waals surface area contributed by atoms with Crippen molar-refractivity contribution in [1.82, 2.24) is 0 Å². The molecule has 0 spiro atoms. The minimum Gasteiger partial charge on any atom is -0.478 e. The van der Waals surface area contributed by atoms with Gasteiger partial charge in [-0.25, -0.2) is 9.18 Å². The largest absolute Gasteiger partial charge is 0.478 e. The number of hydrogen-bond donors (Lipinski definition) is 1. The number of carboxylic acid groups (broad SMARTS) is 1. The molecule has 0 bridgehead atoms. The molecule has 21 heavy (non-hydrogen) atoms. The van der Waals surface area contributed by atoms with Crippen LogP contribution in [0.15, 0.2) is 51.1 Å². The molecular weight excluding hydrogens is 309 g/mol. The normalized spacial score (nSPS) is 10.1. The number of hydrogen-bond acceptors (Lipinski definition) is 4. The molecule has 0 fully saturated rings. The van der Waals surface area contributed by atoms with E-state index in [2.05, 4.69) is 6.07 Å². The number of benzene rings is 2. The fourth-order valence-corrected chi connectivity index (χ4v) is 3.35. The van der Waals surface area contributed by atoms with Crippen molar-refractivity contribution < 1.29 is 14.3 Å². The minimum atomic E-state index is -1.31. The van der Waals surface area contributed by atoms with E-state index < -0.39 is 11.8 Å². The fourth-order valence-electron chi connectivity index (χ4n) is 1.74. The molecule has 0 heterocycles. The molecule has 0 aliphatic rings. The second-order valence-corrected chi connectivity index (χ2v) is 5.96. The molecule has 2 rings (SSSR count). The average molecular weight is 319 g/mol. The van der Waals surface area contributed by atoms with E-state index in [1.165, 1.54) is 35.7 Å². The number of nitriles is 1. The number of rotatable bonds is 4. The summed E-state index contributed by atoms with van der Waals surface area (Å²) >= 11 is 2.71. The fraction of sp³-hybridized carbons (Fsp3) is 0.0667. The highest BCUT2D eigenvalue weighted by molar-refractivity contribution is 8.00. The van der Waals surface area contributed by atoms with E-state index in [-0.39, 0.29) is 5.56 Å². The first-order valence-electron chi connectivity index (χ1n) is 5.84. The summed E-state index contributed by atoms with van der Waals surface area (Å²) in [5.74, 6) is -2.08. The van der Waals surface area contributed by atoms with Gasteiger partial charge in [0.05, 0.1) is 11.1 Å². The van der Waals surface area contributed by atoms with Gasteiger partial charge >= 0.3 is 5.97 Å². The number of halogens is 1. The van der Waals surface area contributed by atoms with Gasteiger partial charge in [0.1, 0.15) is 11.9 Å². The van der Waals surface area contributed by atoms with Crippen molar-refractivity contribution in [3.05, 3.63) is 53.3 Å². The molecular formula is C15H10FNO2S2. The summed E-state index contributed by atoms with van der Waals surface area (Å²) in [6.45, 7) is 0. The van der Waals surface area contributed by atoms with Crippen LogP contribution in [0.4, 0.5) is 4.39 Å². The number of nitrogens with zero attached hydrogens (tertiary/aromatic N) is 1. The first-order valence-corrected chi connectivity index (χ1v) is 7.88. The minimum absolute atomic E-state index is 0.375. The van der Waals surface area contributed by atoms with E-state index >= 15 is 0 Å². The first-order chi connectivity index (χ1) is 10.1. The Labute approximate surface area is 129 Å². The van der Waals surface area contributed by atoms with Gasteiger partial charge in [0.25, 0.3) is 0 Å². The van der Waals surface area contributed by atoms with Gasteiger partial charge in [-0.3, -0.25) is 0 Å². The second kappa shape index (κ2) is 6.66. The summed E-state index contributed by atoms with van der Waals surface area (Å²) < 4.78 is 13.4. The molecule has 3 nitrogen and oxygen atoms in total. The topological polar surface area (TPSA) is 61.1 Å². The molecule has 0 saturated carbocycles. The van der Waals surface area contributed by atoms with Crippen LogP contribution in [0.2, 0.25) is 0 Å². The predicted molar refractivity (Wildman–Crippen MR) is 80.4 cm³/mol. The molecule has 106 valence electrons. The van der Waals surface area contributed by atoms with Gasteiger partial charge in [0, 0.05) is 14.7 Å². The molecule has 2 aromatic carbocycles. The van der Waals surface area contributed by atoms with Crippen molar-refractivity contribution >= 4 is 29.5 Å². The number of thioether (sulfide) groups is 1. The second-order valence-electron chi connectivity index (χ2n) is 3.99. The molecule has 0 aliphatic carbocycles. The van der Waals surface area contributed by atoms with Crippen LogP contribution in [0.5, 0.6) is 0 Å². The van der Waals surface area contributed by atoms with E-state index in [1.54, 1.807) is 6.07 Å². The van der Waals surface area contributed by atoms with Crippen LogP contribution in [0.25, 0.3) is 0 Å². The third-order valence-electron chi connectivity index (χ3n) is 2.72. The van der Waals surface area contributed by atoms with Crippen LogP contribution >= 0.6 is 23.5 Å². The monoisotopic (exact) mass is 319 g/mol. The van der Waals surface area contributed by atoms with Gasteiger partial charge < -0.3 is 5.11 Å². The molecule has 0 aromatic heterocycles. The van der Waals surface area contributed by atoms with Crippen molar-refractivity contribution in [2.45, 2.75) is 14.7 Å². The smallest absolute Gasteiger partial charge is 0.338 e. The van der Waals surface area contributed by atoms with Crippen LogP contribution in [-0.2, 0) is 0 Å². The van der Waals surface area contributed by atoms with Crippen LogP contribution in [0, 0.1) is 17.1 Å². The molecule has 1 N–H and O–H groups in total. The summed E-state index contributed by atoms with van der Waals surface area (Å²) in [5.41, 5.74) is 0.163. The molecule has 2 aromatic rings. The summed E-state index contributed by atoms with van der Waals surface area (Å²) in [6.07, 6.45) is 1.88. The van der Waals surface area contributed by atoms with Gasteiger partial charge in [0.2, 0.25) is 0 Å². The Morgan fingerprint density at radius 1 is 1.29 bits per heavy atom. The van der Waals surface area contributed by atoms with E-state index in [0.717, 1.165) is 11.0 Å². The first kappa shape index (κ1) is 15.4. The van der Waals surface area contributed by atoms with E-state index in [9.17, 15) is 14.4 Å². The van der Waals surface area contributed by atoms with Crippen molar-refractivity contribution in [3.8, 4) is 6.07 Å². The Balaban J connectivity index is 2.42. The third-order valence-corrected chi connectivity index (χ3v) is 4.55. The maximum atomic E-state index is 13.4. The van der Waals surface area contributed by atoms with Crippen molar-refractivity contribution in [3.63, 3.8) is 0 Å². The zero-order valence-corrected chi connectivity index (χ0v) is 12.6. The number of carboxylic acids is 1. The third kappa shape index (κ3) is 3.38. The maximum Gasteiger partial charge on any atom is 0.338 e. The Bertz CT molecular complexity index is 741.